The summed E-state index contributed by atoms with van der Waals surface area (Å²) in [7, 11) is -3.90. The normalized spacial score (nSPS) is 24.0. The molecule has 166 valence electrons. The standard InChI is InChI=1S/C19H16ClF3N2O4S2/c20-15-7-13(19(21,22)23)3-6-16(15)31(29)25-9-17(18(27,10-25)11-26)30(28)14-4-1-12(8-24)2-5-14/h1-7,17,26-27H,9-11H2/t17-,18-,30?,31?/m0/s1. The van der Waals surface area contributed by atoms with Gasteiger partial charge >= 0.3 is 6.18 Å². The van der Waals surface area contributed by atoms with Crippen molar-refractivity contribution in [2.75, 3.05) is 19.7 Å². The number of hydrogen-bond donors (Lipinski definition) is 2. The first-order valence-corrected chi connectivity index (χ1v) is 11.5. The van der Waals surface area contributed by atoms with Crippen molar-refractivity contribution in [2.24, 2.45) is 0 Å². The molecule has 6 nitrogen and oxygen atoms in total. The summed E-state index contributed by atoms with van der Waals surface area (Å²) in [6.07, 6.45) is -4.61. The van der Waals surface area contributed by atoms with Crippen LogP contribution < -0.4 is 0 Å². The molecule has 1 fully saturated rings. The van der Waals surface area contributed by atoms with Gasteiger partial charge in [0.1, 0.15) is 16.6 Å². The van der Waals surface area contributed by atoms with Gasteiger partial charge in [-0.3, -0.25) is 4.21 Å². The third-order valence-electron chi connectivity index (χ3n) is 4.85. The first kappa shape index (κ1) is 23.8. The predicted octanol–water partition coefficient (Wildman–Crippen LogP) is 2.47. The van der Waals surface area contributed by atoms with Crippen LogP contribution in [0.25, 0.3) is 0 Å². The van der Waals surface area contributed by atoms with Crippen molar-refractivity contribution in [1.82, 2.24) is 4.31 Å². The van der Waals surface area contributed by atoms with Gasteiger partial charge in [0.05, 0.1) is 49.8 Å². The Morgan fingerprint density at radius 3 is 2.39 bits per heavy atom. The molecule has 0 aromatic heterocycles. The number of benzene rings is 2. The van der Waals surface area contributed by atoms with Gasteiger partial charge < -0.3 is 10.2 Å². The summed E-state index contributed by atoms with van der Waals surface area (Å²) in [5.41, 5.74) is -2.51. The summed E-state index contributed by atoms with van der Waals surface area (Å²) in [5, 5.41) is 28.0. The zero-order valence-corrected chi connectivity index (χ0v) is 18.1. The van der Waals surface area contributed by atoms with E-state index in [1.165, 1.54) is 28.6 Å². The van der Waals surface area contributed by atoms with Crippen molar-refractivity contribution < 1.29 is 31.8 Å². The Balaban J connectivity index is 1.86. The van der Waals surface area contributed by atoms with Crippen LogP contribution in [0, 0.1) is 11.3 Å². The second-order valence-electron chi connectivity index (χ2n) is 6.90. The fourth-order valence-corrected chi connectivity index (χ4v) is 6.54. The quantitative estimate of drug-likeness (QED) is 0.667. The number of nitriles is 1. The van der Waals surface area contributed by atoms with Gasteiger partial charge in [-0.2, -0.15) is 18.4 Å². The molecule has 2 aromatic rings. The molecule has 12 heteroatoms. The number of aliphatic hydroxyl groups is 2. The molecule has 0 amide bonds. The van der Waals surface area contributed by atoms with E-state index in [0.29, 0.717) is 16.5 Å². The smallest absolute Gasteiger partial charge is 0.393 e. The number of hydrogen-bond acceptors (Lipinski definition) is 5. The first-order valence-electron chi connectivity index (χ1n) is 8.78. The molecule has 2 aromatic carbocycles. The van der Waals surface area contributed by atoms with Crippen LogP contribution in [0.1, 0.15) is 11.1 Å². The average Bonchev–Trinajstić information content (AvgIpc) is 3.10. The van der Waals surface area contributed by atoms with Crippen molar-refractivity contribution in [3.8, 4) is 6.07 Å². The predicted molar refractivity (Wildman–Crippen MR) is 108 cm³/mol. The highest BCUT2D eigenvalue weighted by Gasteiger charge is 2.50. The van der Waals surface area contributed by atoms with E-state index in [1.54, 1.807) is 0 Å². The number of alkyl halides is 3. The maximum absolute atomic E-state index is 13.0. The molecule has 0 bridgehead atoms. The zero-order chi connectivity index (χ0) is 23.0. The van der Waals surface area contributed by atoms with Gasteiger partial charge in [0.25, 0.3) is 0 Å². The maximum Gasteiger partial charge on any atom is 0.416 e. The third kappa shape index (κ3) is 4.84. The molecular weight excluding hydrogens is 477 g/mol. The highest BCUT2D eigenvalue weighted by molar-refractivity contribution is 7.86. The average molecular weight is 493 g/mol. The van der Waals surface area contributed by atoms with Gasteiger partial charge in [-0.1, -0.05) is 11.6 Å². The lowest BCUT2D eigenvalue weighted by Gasteiger charge is -2.26. The van der Waals surface area contributed by atoms with Gasteiger partial charge in [-0.25, -0.2) is 8.51 Å². The van der Waals surface area contributed by atoms with Gasteiger partial charge in [0.2, 0.25) is 0 Å². The van der Waals surface area contributed by atoms with Gasteiger partial charge in [0, 0.05) is 18.0 Å². The third-order valence-corrected chi connectivity index (χ3v) is 8.59. The molecule has 2 N–H and O–H groups in total. The molecule has 1 aliphatic heterocycles. The molecule has 4 atom stereocenters. The van der Waals surface area contributed by atoms with Crippen LogP contribution in [-0.4, -0.2) is 53.5 Å². The Hall–Kier alpha value is -1.81. The topological polar surface area (TPSA) is 102 Å². The molecular formula is C19H16ClF3N2O4S2. The van der Waals surface area contributed by atoms with Crippen LogP contribution >= 0.6 is 11.6 Å². The minimum absolute atomic E-state index is 0.0974. The van der Waals surface area contributed by atoms with Crippen LogP contribution in [0.2, 0.25) is 5.02 Å². The maximum atomic E-state index is 13.0. The van der Waals surface area contributed by atoms with Crippen molar-refractivity contribution in [2.45, 2.75) is 26.8 Å². The van der Waals surface area contributed by atoms with E-state index >= 15 is 0 Å². The SMILES string of the molecule is N#Cc1ccc(S(=O)[C@H]2CN(S(=O)c3ccc(C(F)(F)F)cc3Cl)C[C@]2(O)CO)cc1. The lowest BCUT2D eigenvalue weighted by atomic mass is 10.1. The van der Waals surface area contributed by atoms with Gasteiger partial charge in [-0.15, -0.1) is 0 Å². The highest BCUT2D eigenvalue weighted by Crippen LogP contribution is 2.36. The van der Waals surface area contributed by atoms with E-state index in [4.69, 9.17) is 16.9 Å². The number of halogens is 4. The van der Waals surface area contributed by atoms with Crippen molar-refractivity contribution in [1.29, 1.82) is 5.26 Å². The Labute approximate surface area is 185 Å². The minimum atomic E-state index is -4.61. The Morgan fingerprint density at radius 1 is 1.23 bits per heavy atom. The van der Waals surface area contributed by atoms with E-state index in [1.807, 2.05) is 6.07 Å². The van der Waals surface area contributed by atoms with Gasteiger partial charge in [-0.05, 0) is 42.5 Å². The Morgan fingerprint density at radius 2 is 1.87 bits per heavy atom. The van der Waals surface area contributed by atoms with E-state index in [0.717, 1.165) is 12.1 Å². The molecule has 0 aliphatic carbocycles. The molecule has 1 heterocycles. The van der Waals surface area contributed by atoms with E-state index < -0.39 is 51.0 Å². The van der Waals surface area contributed by atoms with E-state index in [-0.39, 0.29) is 23.0 Å². The monoisotopic (exact) mass is 492 g/mol. The van der Waals surface area contributed by atoms with Crippen molar-refractivity contribution in [3.05, 3.63) is 58.6 Å². The number of aliphatic hydroxyl groups excluding tert-OH is 1. The summed E-state index contributed by atoms with van der Waals surface area (Å²) in [6.45, 7) is -1.28. The Bertz CT molecular complexity index is 1080. The highest BCUT2D eigenvalue weighted by atomic mass is 35.5. The second-order valence-corrected chi connectivity index (χ2v) is 10.4. The second kappa shape index (κ2) is 8.97. The molecule has 3 rings (SSSR count). The summed E-state index contributed by atoms with van der Waals surface area (Å²) in [5.74, 6) is 0. The van der Waals surface area contributed by atoms with E-state index in [9.17, 15) is 31.8 Å². The number of β-amino-alcohol motifs (C(OH)–C–C–N with tert-alkyl or cyclic N) is 1. The van der Waals surface area contributed by atoms with Crippen LogP contribution in [0.4, 0.5) is 13.2 Å². The van der Waals surface area contributed by atoms with Crippen LogP contribution in [0.3, 0.4) is 0 Å². The first-order chi connectivity index (χ1) is 14.5. The molecule has 0 radical (unpaired) electrons. The van der Waals surface area contributed by atoms with Crippen LogP contribution in [0.5, 0.6) is 0 Å². The largest absolute Gasteiger partial charge is 0.416 e. The zero-order valence-electron chi connectivity index (χ0n) is 15.7. The summed E-state index contributed by atoms with van der Waals surface area (Å²) in [6, 6.07) is 10.2. The molecule has 2 unspecified atom stereocenters. The molecule has 1 saturated heterocycles. The van der Waals surface area contributed by atoms with Crippen LogP contribution in [0.15, 0.2) is 52.3 Å². The van der Waals surface area contributed by atoms with Gasteiger partial charge in [0.15, 0.2) is 0 Å². The summed E-state index contributed by atoms with van der Waals surface area (Å²) in [4.78, 5) is 0.204. The number of rotatable bonds is 5. The summed E-state index contributed by atoms with van der Waals surface area (Å²) >= 11 is 5.92. The molecule has 1 aliphatic rings. The Kier molecular flexibility index (Phi) is 6.90. The lowest BCUT2D eigenvalue weighted by molar-refractivity contribution is -0.137. The molecule has 0 spiro atoms. The van der Waals surface area contributed by atoms with E-state index in [2.05, 4.69) is 0 Å². The minimum Gasteiger partial charge on any atom is -0.393 e. The lowest BCUT2D eigenvalue weighted by Crippen LogP contribution is -2.47. The number of nitrogens with zero attached hydrogens (tertiary/aromatic N) is 2. The molecule has 31 heavy (non-hydrogen) atoms. The fourth-order valence-electron chi connectivity index (χ4n) is 3.16. The fraction of sp³-hybridized carbons (Fsp3) is 0.316. The van der Waals surface area contributed by atoms with Crippen molar-refractivity contribution >= 4 is 33.4 Å². The summed E-state index contributed by atoms with van der Waals surface area (Å²) < 4.78 is 65.7. The van der Waals surface area contributed by atoms with Crippen molar-refractivity contribution in [3.63, 3.8) is 0 Å². The molecule has 0 saturated carbocycles. The van der Waals surface area contributed by atoms with Crippen LogP contribution in [-0.2, 0) is 28.0 Å².